The molecule has 0 heterocycles. The maximum Gasteiger partial charge on any atom is 0.0384 e. The fourth-order valence-electron chi connectivity index (χ4n) is 4.10. The molecule has 0 saturated heterocycles. The lowest BCUT2D eigenvalue weighted by atomic mass is 9.82. The first kappa shape index (κ1) is 19.0. The van der Waals surface area contributed by atoms with Crippen LogP contribution in [0.15, 0.2) is 103 Å². The molecule has 0 aliphatic heterocycles. The minimum Gasteiger partial charge on any atom is -0.356 e. The fourth-order valence-corrected chi connectivity index (χ4v) is 4.10. The summed E-state index contributed by atoms with van der Waals surface area (Å²) in [6.07, 6.45) is 6.23. The van der Waals surface area contributed by atoms with Crippen molar-refractivity contribution in [2.75, 3.05) is 5.32 Å². The van der Waals surface area contributed by atoms with Crippen LogP contribution in [0.5, 0.6) is 0 Å². The van der Waals surface area contributed by atoms with Gasteiger partial charge in [0.2, 0.25) is 0 Å². The molecule has 0 radical (unpaired) electrons. The molecule has 0 fully saturated rings. The lowest BCUT2D eigenvalue weighted by Crippen LogP contribution is -2.14. The molecule has 144 valence electrons. The molecule has 1 aliphatic rings. The first-order chi connectivity index (χ1) is 14.0. The molecule has 0 atom stereocenters. The Morgan fingerprint density at radius 3 is 2.28 bits per heavy atom. The summed E-state index contributed by atoms with van der Waals surface area (Å²) in [6, 6.07) is 25.7. The van der Waals surface area contributed by atoms with Crippen LogP contribution in [-0.4, -0.2) is 0 Å². The summed E-state index contributed by atoms with van der Waals surface area (Å²) in [6.45, 7) is 11.0. The molecule has 3 aromatic rings. The Hall–Kier alpha value is -3.32. The van der Waals surface area contributed by atoms with E-state index in [0.717, 1.165) is 22.5 Å². The number of hydrogen-bond acceptors (Lipinski definition) is 1. The van der Waals surface area contributed by atoms with Crippen LogP contribution in [0, 0.1) is 0 Å². The average Bonchev–Trinajstić information content (AvgIpc) is 2.98. The van der Waals surface area contributed by atoms with Crippen molar-refractivity contribution in [1.82, 2.24) is 0 Å². The first-order valence-electron chi connectivity index (χ1n) is 10.1. The van der Waals surface area contributed by atoms with Gasteiger partial charge in [0, 0.05) is 16.8 Å². The maximum atomic E-state index is 4.31. The van der Waals surface area contributed by atoms with Gasteiger partial charge in [0.1, 0.15) is 0 Å². The summed E-state index contributed by atoms with van der Waals surface area (Å²) >= 11 is 0. The molecule has 1 N–H and O–H groups in total. The van der Waals surface area contributed by atoms with Gasteiger partial charge < -0.3 is 5.32 Å². The van der Waals surface area contributed by atoms with E-state index in [4.69, 9.17) is 0 Å². The van der Waals surface area contributed by atoms with Gasteiger partial charge in [-0.3, -0.25) is 0 Å². The molecule has 3 aromatic carbocycles. The Kier molecular flexibility index (Phi) is 4.98. The molecule has 0 unspecified atom stereocenters. The monoisotopic (exact) mass is 377 g/mol. The minimum atomic E-state index is 0.0410. The summed E-state index contributed by atoms with van der Waals surface area (Å²) < 4.78 is 0. The highest BCUT2D eigenvalue weighted by Crippen LogP contribution is 2.48. The number of para-hydroxylation sites is 1. The van der Waals surface area contributed by atoms with Gasteiger partial charge in [0.25, 0.3) is 0 Å². The lowest BCUT2D eigenvalue weighted by molar-refractivity contribution is 0.660. The Labute approximate surface area is 174 Å². The van der Waals surface area contributed by atoms with Crippen LogP contribution in [0.3, 0.4) is 0 Å². The summed E-state index contributed by atoms with van der Waals surface area (Å²) in [7, 11) is 0. The average molecular weight is 378 g/mol. The van der Waals surface area contributed by atoms with E-state index in [1.807, 2.05) is 25.1 Å². The SMILES string of the molecule is C=C(/C=C\C(=C/C)Nc1ccccc1)c1ccc2c(c1)-c1ccccc1C2(C)C. The second-order valence-corrected chi connectivity index (χ2v) is 8.02. The molecule has 0 saturated carbocycles. The highest BCUT2D eigenvalue weighted by Gasteiger charge is 2.34. The van der Waals surface area contributed by atoms with Gasteiger partial charge in [0.15, 0.2) is 0 Å². The van der Waals surface area contributed by atoms with Crippen LogP contribution in [0.1, 0.15) is 37.5 Å². The number of rotatable bonds is 5. The van der Waals surface area contributed by atoms with Crippen LogP contribution in [0.4, 0.5) is 5.69 Å². The summed E-state index contributed by atoms with van der Waals surface area (Å²) in [5.41, 5.74) is 9.77. The molecular formula is C28H27N. The third kappa shape index (κ3) is 3.56. The summed E-state index contributed by atoms with van der Waals surface area (Å²) in [5, 5.41) is 3.43. The van der Waals surface area contributed by atoms with E-state index in [1.54, 1.807) is 0 Å². The topological polar surface area (TPSA) is 12.0 Å². The third-order valence-electron chi connectivity index (χ3n) is 5.79. The van der Waals surface area contributed by atoms with Crippen molar-refractivity contribution in [1.29, 1.82) is 0 Å². The molecule has 29 heavy (non-hydrogen) atoms. The van der Waals surface area contributed by atoms with Crippen LogP contribution >= 0.6 is 0 Å². The van der Waals surface area contributed by atoms with E-state index in [2.05, 4.69) is 98.6 Å². The smallest absolute Gasteiger partial charge is 0.0384 e. The van der Waals surface area contributed by atoms with Crippen molar-refractivity contribution in [3.05, 3.63) is 120 Å². The Bertz CT molecular complexity index is 1110. The quantitative estimate of drug-likeness (QED) is 0.452. The minimum absolute atomic E-state index is 0.0410. The van der Waals surface area contributed by atoms with Gasteiger partial charge in [-0.1, -0.05) is 87.2 Å². The molecule has 1 nitrogen and oxygen atoms in total. The van der Waals surface area contributed by atoms with Gasteiger partial charge in [-0.2, -0.15) is 0 Å². The van der Waals surface area contributed by atoms with Crippen LogP contribution in [-0.2, 0) is 5.41 Å². The van der Waals surface area contributed by atoms with Crippen molar-refractivity contribution >= 4 is 11.3 Å². The number of nitrogens with one attached hydrogen (secondary N) is 1. The Morgan fingerprint density at radius 1 is 0.828 bits per heavy atom. The molecule has 0 amide bonds. The van der Waals surface area contributed by atoms with Crippen LogP contribution in [0.25, 0.3) is 16.7 Å². The largest absolute Gasteiger partial charge is 0.356 e. The number of allylic oxidation sites excluding steroid dienone is 4. The zero-order valence-electron chi connectivity index (χ0n) is 17.4. The fraction of sp³-hybridized carbons (Fsp3) is 0.143. The van der Waals surface area contributed by atoms with E-state index in [-0.39, 0.29) is 5.41 Å². The molecule has 0 bridgehead atoms. The van der Waals surface area contributed by atoms with E-state index in [0.29, 0.717) is 0 Å². The van der Waals surface area contributed by atoms with Gasteiger partial charge in [-0.05, 0) is 64.6 Å². The third-order valence-corrected chi connectivity index (χ3v) is 5.79. The van der Waals surface area contributed by atoms with Gasteiger partial charge >= 0.3 is 0 Å². The molecule has 4 rings (SSSR count). The highest BCUT2D eigenvalue weighted by molar-refractivity contribution is 5.85. The zero-order chi connectivity index (χ0) is 20.4. The maximum absolute atomic E-state index is 4.31. The summed E-state index contributed by atoms with van der Waals surface area (Å²) in [4.78, 5) is 0. The van der Waals surface area contributed by atoms with E-state index < -0.39 is 0 Å². The van der Waals surface area contributed by atoms with E-state index >= 15 is 0 Å². The molecule has 0 aromatic heterocycles. The van der Waals surface area contributed by atoms with Gasteiger partial charge in [0.05, 0.1) is 0 Å². The van der Waals surface area contributed by atoms with Crippen molar-refractivity contribution < 1.29 is 0 Å². The van der Waals surface area contributed by atoms with Crippen molar-refractivity contribution in [3.63, 3.8) is 0 Å². The normalized spacial score (nSPS) is 14.5. The van der Waals surface area contributed by atoms with Crippen molar-refractivity contribution in [2.24, 2.45) is 0 Å². The number of fused-ring (bicyclic) bond motifs is 3. The first-order valence-corrected chi connectivity index (χ1v) is 10.1. The number of anilines is 1. The highest BCUT2D eigenvalue weighted by atomic mass is 14.9. The molecular weight excluding hydrogens is 350 g/mol. The number of benzene rings is 3. The Morgan fingerprint density at radius 2 is 1.52 bits per heavy atom. The second kappa shape index (κ2) is 7.60. The van der Waals surface area contributed by atoms with E-state index in [1.165, 1.54) is 22.3 Å². The molecule has 0 spiro atoms. The van der Waals surface area contributed by atoms with Crippen LogP contribution < -0.4 is 5.32 Å². The summed E-state index contributed by atoms with van der Waals surface area (Å²) in [5.74, 6) is 0. The predicted molar refractivity (Wildman–Crippen MR) is 126 cm³/mol. The zero-order valence-corrected chi connectivity index (χ0v) is 17.4. The van der Waals surface area contributed by atoms with Crippen molar-refractivity contribution in [3.8, 4) is 11.1 Å². The number of hydrogen-bond donors (Lipinski definition) is 1. The van der Waals surface area contributed by atoms with E-state index in [9.17, 15) is 0 Å². The van der Waals surface area contributed by atoms with Gasteiger partial charge in [-0.15, -0.1) is 0 Å². The Balaban J connectivity index is 1.59. The molecule has 1 heteroatoms. The predicted octanol–water partition coefficient (Wildman–Crippen LogP) is 7.58. The lowest BCUT2D eigenvalue weighted by Gasteiger charge is -2.21. The van der Waals surface area contributed by atoms with Gasteiger partial charge in [-0.25, -0.2) is 0 Å². The molecule has 1 aliphatic carbocycles. The second-order valence-electron chi connectivity index (χ2n) is 8.02. The van der Waals surface area contributed by atoms with Crippen molar-refractivity contribution in [2.45, 2.75) is 26.2 Å². The van der Waals surface area contributed by atoms with Crippen LogP contribution in [0.2, 0.25) is 0 Å². The standard InChI is InChI=1S/C28H27N/c1-5-22(29-23-11-7-6-8-12-23)17-15-20(2)21-16-18-27-25(19-21)24-13-9-10-14-26(24)28(27,3)4/h5-19,29H,2H2,1,3-4H3/b17-15-,22-5+.